The molecule has 0 atom stereocenters. The van der Waals surface area contributed by atoms with E-state index in [1.54, 1.807) is 0 Å². The first-order valence-electron chi connectivity index (χ1n) is 14.0. The van der Waals surface area contributed by atoms with Gasteiger partial charge in [-0.3, -0.25) is 0 Å². The number of para-hydroxylation sites is 2. The molecule has 0 unspecified atom stereocenters. The van der Waals surface area contributed by atoms with Crippen LogP contribution in [0, 0.1) is 0 Å². The van der Waals surface area contributed by atoms with Crippen molar-refractivity contribution in [3.05, 3.63) is 138 Å². The third-order valence-electron chi connectivity index (χ3n) is 8.30. The predicted octanol–water partition coefficient (Wildman–Crippen LogP) is 11.9. The van der Waals surface area contributed by atoms with E-state index in [-0.39, 0.29) is 0 Å². The Morgan fingerprint density at radius 1 is 0.452 bits per heavy atom. The van der Waals surface area contributed by atoms with Crippen molar-refractivity contribution in [1.82, 2.24) is 0 Å². The van der Waals surface area contributed by atoms with Gasteiger partial charge in [-0.15, -0.1) is 0 Å². The molecular weight excluding hydrogens is 538 g/mol. The van der Waals surface area contributed by atoms with Gasteiger partial charge in [-0.1, -0.05) is 96.5 Å². The number of anilines is 3. The maximum Gasteiger partial charge on any atom is 0.159 e. The first-order chi connectivity index (χ1) is 20.7. The fraction of sp³-hybridized carbons (Fsp3) is 0. The maximum atomic E-state index is 6.71. The molecule has 7 aromatic carbocycles. The van der Waals surface area contributed by atoms with Crippen molar-refractivity contribution in [2.24, 2.45) is 0 Å². The lowest BCUT2D eigenvalue weighted by Gasteiger charge is -2.27. The summed E-state index contributed by atoms with van der Waals surface area (Å²) in [5.41, 5.74) is 6.30. The second-order valence-electron chi connectivity index (χ2n) is 10.6. The lowest BCUT2D eigenvalue weighted by Crippen LogP contribution is -2.11. The molecule has 0 radical (unpaired) electrons. The van der Waals surface area contributed by atoms with Crippen molar-refractivity contribution >= 4 is 94.1 Å². The highest BCUT2D eigenvalue weighted by atomic mass is 35.5. The molecule has 42 heavy (non-hydrogen) atoms. The van der Waals surface area contributed by atoms with E-state index in [0.717, 1.165) is 66.3 Å². The van der Waals surface area contributed by atoms with Gasteiger partial charge in [0.2, 0.25) is 0 Å². The Kier molecular flexibility index (Phi) is 4.96. The number of hydrogen-bond acceptors (Lipinski definition) is 3. The highest BCUT2D eigenvalue weighted by Gasteiger charge is 2.23. The quantitative estimate of drug-likeness (QED) is 0.202. The predicted molar refractivity (Wildman–Crippen MR) is 176 cm³/mol. The Labute approximate surface area is 245 Å². The van der Waals surface area contributed by atoms with E-state index in [2.05, 4.69) is 108 Å². The zero-order chi connectivity index (χ0) is 27.8. The molecule has 0 fully saturated rings. The Hall–Kier alpha value is -5.25. The molecule has 3 nitrogen and oxygen atoms in total. The molecule has 2 aromatic heterocycles. The van der Waals surface area contributed by atoms with Gasteiger partial charge in [-0.05, 0) is 64.7 Å². The largest absolute Gasteiger partial charge is 0.456 e. The Morgan fingerprint density at radius 3 is 2.05 bits per heavy atom. The minimum atomic E-state index is 0.678. The van der Waals surface area contributed by atoms with E-state index < -0.39 is 0 Å². The maximum absolute atomic E-state index is 6.71. The topological polar surface area (TPSA) is 29.5 Å². The van der Waals surface area contributed by atoms with Crippen LogP contribution in [0.5, 0.6) is 0 Å². The molecule has 0 aliphatic rings. The molecule has 0 spiro atoms. The normalized spacial score (nSPS) is 11.9. The molecule has 0 N–H and O–H groups in total. The van der Waals surface area contributed by atoms with Gasteiger partial charge in [-0.25, -0.2) is 0 Å². The van der Waals surface area contributed by atoms with E-state index in [9.17, 15) is 0 Å². The van der Waals surface area contributed by atoms with Crippen LogP contribution in [-0.4, -0.2) is 0 Å². The van der Waals surface area contributed by atoms with Gasteiger partial charge in [0, 0.05) is 32.6 Å². The third-order valence-corrected chi connectivity index (χ3v) is 8.61. The van der Waals surface area contributed by atoms with Crippen LogP contribution >= 0.6 is 11.6 Å². The average Bonchev–Trinajstić information content (AvgIpc) is 3.61. The summed E-state index contributed by atoms with van der Waals surface area (Å²) in [7, 11) is 0. The number of hydrogen-bond donors (Lipinski definition) is 0. The lowest BCUT2D eigenvalue weighted by molar-refractivity contribution is 0.669. The summed E-state index contributed by atoms with van der Waals surface area (Å²) in [6.07, 6.45) is 0. The van der Waals surface area contributed by atoms with Gasteiger partial charge in [0.15, 0.2) is 5.58 Å². The fourth-order valence-electron chi connectivity index (χ4n) is 6.45. The highest BCUT2D eigenvalue weighted by molar-refractivity contribution is 6.38. The molecule has 0 aliphatic carbocycles. The molecule has 0 amide bonds. The molecule has 9 rings (SSSR count). The molecule has 2 heterocycles. The van der Waals surface area contributed by atoms with Crippen molar-refractivity contribution in [3.63, 3.8) is 0 Å². The van der Waals surface area contributed by atoms with Crippen molar-refractivity contribution in [1.29, 1.82) is 0 Å². The summed E-state index contributed by atoms with van der Waals surface area (Å²) in [6, 6.07) is 46.2. The van der Waals surface area contributed by atoms with Crippen LogP contribution in [0.4, 0.5) is 17.1 Å². The van der Waals surface area contributed by atoms with Crippen molar-refractivity contribution in [2.75, 3.05) is 4.90 Å². The van der Waals surface area contributed by atoms with Crippen LogP contribution in [-0.2, 0) is 0 Å². The van der Waals surface area contributed by atoms with Crippen LogP contribution in [0.3, 0.4) is 0 Å². The standard InChI is InChI=1S/C38H22ClNO2/c39-31-15-8-18-36-37(31)29-14-7-16-32(38(29)42-36)40(24-19-20-35-30(22-24)28-13-5-6-17-34(28)41-35)33-21-23-9-1-2-10-25(23)26-11-3-4-12-27(26)33/h1-22H. The second-order valence-corrected chi connectivity index (χ2v) is 11.1. The third kappa shape index (κ3) is 3.35. The van der Waals surface area contributed by atoms with Crippen molar-refractivity contribution in [3.8, 4) is 0 Å². The van der Waals surface area contributed by atoms with Gasteiger partial charge in [-0.2, -0.15) is 0 Å². The van der Waals surface area contributed by atoms with E-state index in [0.29, 0.717) is 5.02 Å². The fourth-order valence-corrected chi connectivity index (χ4v) is 6.71. The molecule has 0 saturated heterocycles. The zero-order valence-electron chi connectivity index (χ0n) is 22.3. The Balaban J connectivity index is 1.42. The molecule has 0 bridgehead atoms. The SMILES string of the molecule is Clc1cccc2oc3c(N(c4ccc5oc6ccccc6c5c4)c4cc5ccccc5c5ccccc45)cccc3c12. The van der Waals surface area contributed by atoms with E-state index in [1.807, 2.05) is 30.3 Å². The molecule has 0 saturated carbocycles. The van der Waals surface area contributed by atoms with Gasteiger partial charge < -0.3 is 13.7 Å². The first kappa shape index (κ1) is 23.5. The summed E-state index contributed by atoms with van der Waals surface area (Å²) in [6.45, 7) is 0. The number of benzene rings is 7. The van der Waals surface area contributed by atoms with Gasteiger partial charge in [0.1, 0.15) is 16.7 Å². The summed E-state index contributed by atoms with van der Waals surface area (Å²) < 4.78 is 12.8. The van der Waals surface area contributed by atoms with Crippen LogP contribution in [0.15, 0.2) is 142 Å². The van der Waals surface area contributed by atoms with Crippen LogP contribution < -0.4 is 4.90 Å². The summed E-state index contributed by atoms with van der Waals surface area (Å²) in [4.78, 5) is 2.31. The van der Waals surface area contributed by atoms with Gasteiger partial charge >= 0.3 is 0 Å². The summed E-state index contributed by atoms with van der Waals surface area (Å²) >= 11 is 6.71. The molecular formula is C38H22ClNO2. The van der Waals surface area contributed by atoms with Gasteiger partial charge in [0.25, 0.3) is 0 Å². The molecule has 4 heteroatoms. The van der Waals surface area contributed by atoms with E-state index >= 15 is 0 Å². The number of furan rings is 2. The lowest BCUT2D eigenvalue weighted by atomic mass is 9.98. The summed E-state index contributed by atoms with van der Waals surface area (Å²) in [5.74, 6) is 0. The average molecular weight is 560 g/mol. The smallest absolute Gasteiger partial charge is 0.159 e. The highest BCUT2D eigenvalue weighted by Crippen LogP contribution is 2.47. The monoisotopic (exact) mass is 559 g/mol. The first-order valence-corrected chi connectivity index (χ1v) is 14.3. The minimum absolute atomic E-state index is 0.678. The molecule has 198 valence electrons. The van der Waals surface area contributed by atoms with E-state index in [4.69, 9.17) is 20.4 Å². The van der Waals surface area contributed by atoms with Crippen molar-refractivity contribution < 1.29 is 8.83 Å². The molecule has 0 aliphatic heterocycles. The molecule has 9 aromatic rings. The summed E-state index contributed by atoms with van der Waals surface area (Å²) in [5, 5.41) is 9.49. The number of fused-ring (bicyclic) bond motifs is 9. The van der Waals surface area contributed by atoms with Crippen LogP contribution in [0.2, 0.25) is 5.02 Å². The Bertz CT molecular complexity index is 2500. The van der Waals surface area contributed by atoms with Gasteiger partial charge in [0.05, 0.1) is 16.4 Å². The van der Waals surface area contributed by atoms with Crippen molar-refractivity contribution in [2.45, 2.75) is 0 Å². The van der Waals surface area contributed by atoms with E-state index in [1.165, 1.54) is 16.2 Å². The number of halogens is 1. The number of nitrogens with zero attached hydrogens (tertiary/aromatic N) is 1. The minimum Gasteiger partial charge on any atom is -0.456 e. The van der Waals surface area contributed by atoms with Crippen LogP contribution in [0.1, 0.15) is 0 Å². The van der Waals surface area contributed by atoms with Crippen LogP contribution in [0.25, 0.3) is 65.4 Å². The number of rotatable bonds is 3. The Morgan fingerprint density at radius 2 is 1.14 bits per heavy atom. The zero-order valence-corrected chi connectivity index (χ0v) is 23.1. The second kappa shape index (κ2) is 8.87.